The summed E-state index contributed by atoms with van der Waals surface area (Å²) in [6.45, 7) is 2.60. The molecule has 1 fully saturated rings. The molecule has 0 aromatic heterocycles. The number of halogens is 2. The van der Waals surface area contributed by atoms with Crippen molar-refractivity contribution in [2.45, 2.75) is 13.3 Å². The number of para-hydroxylation sites is 1. The van der Waals surface area contributed by atoms with Crippen molar-refractivity contribution in [1.29, 1.82) is 0 Å². The highest BCUT2D eigenvalue weighted by Crippen LogP contribution is 2.35. The molecule has 0 radical (unpaired) electrons. The van der Waals surface area contributed by atoms with Crippen molar-refractivity contribution in [2.24, 2.45) is 4.99 Å². The largest absolute Gasteiger partial charge is 0.493 e. The summed E-state index contributed by atoms with van der Waals surface area (Å²) in [6.07, 6.45) is 2.61. The first-order chi connectivity index (χ1) is 13.0. The molecule has 4 nitrogen and oxygen atoms in total. The van der Waals surface area contributed by atoms with Crippen molar-refractivity contribution in [3.63, 3.8) is 0 Å². The Bertz CT molecular complexity index is 928. The summed E-state index contributed by atoms with van der Waals surface area (Å²) < 4.78 is 32.6. The Morgan fingerprint density at radius 3 is 2.74 bits per heavy atom. The third-order valence-electron chi connectivity index (χ3n) is 3.80. The molecule has 0 aliphatic carbocycles. The van der Waals surface area contributed by atoms with Gasteiger partial charge in [-0.3, -0.25) is 9.69 Å². The minimum atomic E-state index is -0.778. The maximum absolute atomic E-state index is 13.9. The van der Waals surface area contributed by atoms with Crippen LogP contribution in [-0.4, -0.2) is 29.6 Å². The van der Waals surface area contributed by atoms with Crippen LogP contribution in [-0.2, 0) is 4.79 Å². The number of hydrogen-bond acceptors (Lipinski definition) is 4. The Hall–Kier alpha value is -2.67. The lowest BCUT2D eigenvalue weighted by Crippen LogP contribution is -2.23. The maximum atomic E-state index is 13.9. The fourth-order valence-corrected chi connectivity index (χ4v) is 3.38. The number of benzene rings is 2. The van der Waals surface area contributed by atoms with Gasteiger partial charge in [0.15, 0.2) is 11.0 Å². The summed E-state index contributed by atoms with van der Waals surface area (Å²) in [4.78, 5) is 18.5. The first-order valence-electron chi connectivity index (χ1n) is 8.42. The molecule has 1 aliphatic rings. The van der Waals surface area contributed by atoms with Crippen LogP contribution < -0.4 is 4.74 Å². The van der Waals surface area contributed by atoms with Crippen LogP contribution in [0.5, 0.6) is 5.75 Å². The van der Waals surface area contributed by atoms with Gasteiger partial charge in [0.25, 0.3) is 5.91 Å². The van der Waals surface area contributed by atoms with Gasteiger partial charge in [0, 0.05) is 18.7 Å². The van der Waals surface area contributed by atoms with E-state index >= 15 is 0 Å². The second kappa shape index (κ2) is 8.35. The highest BCUT2D eigenvalue weighted by Gasteiger charge is 2.30. The van der Waals surface area contributed by atoms with Gasteiger partial charge in [-0.15, -0.1) is 0 Å². The number of carbonyl (C=O) groups is 1. The van der Waals surface area contributed by atoms with Gasteiger partial charge in [0.2, 0.25) is 0 Å². The summed E-state index contributed by atoms with van der Waals surface area (Å²) in [5.74, 6) is -1.01. The molecule has 0 saturated carbocycles. The van der Waals surface area contributed by atoms with Crippen LogP contribution in [0.4, 0.5) is 14.5 Å². The number of nitrogens with zero attached hydrogens (tertiary/aromatic N) is 2. The van der Waals surface area contributed by atoms with E-state index in [9.17, 15) is 13.6 Å². The molecule has 1 heterocycles. The molecular weight excluding hydrogens is 370 g/mol. The van der Waals surface area contributed by atoms with E-state index in [1.807, 2.05) is 31.2 Å². The Labute approximate surface area is 160 Å². The van der Waals surface area contributed by atoms with Crippen molar-refractivity contribution in [2.75, 3.05) is 13.7 Å². The van der Waals surface area contributed by atoms with Crippen LogP contribution in [0.3, 0.4) is 0 Å². The number of amides is 1. The number of rotatable bonds is 5. The topological polar surface area (TPSA) is 41.9 Å². The van der Waals surface area contributed by atoms with Gasteiger partial charge < -0.3 is 4.74 Å². The van der Waals surface area contributed by atoms with Crippen molar-refractivity contribution in [1.82, 2.24) is 4.90 Å². The second-order valence-electron chi connectivity index (χ2n) is 5.85. The van der Waals surface area contributed by atoms with Crippen molar-refractivity contribution >= 4 is 34.6 Å². The molecule has 1 aliphatic heterocycles. The minimum absolute atomic E-state index is 0.0218. The SMILES string of the molecule is CCCOc1ccccc1/C=C1/SC(=Nc2ccc(F)cc2F)N(C)C1=O. The number of amidine groups is 1. The number of hydrogen-bond donors (Lipinski definition) is 0. The van der Waals surface area contributed by atoms with E-state index in [4.69, 9.17) is 4.74 Å². The maximum Gasteiger partial charge on any atom is 0.266 e. The minimum Gasteiger partial charge on any atom is -0.493 e. The van der Waals surface area contributed by atoms with E-state index in [2.05, 4.69) is 4.99 Å². The van der Waals surface area contributed by atoms with E-state index < -0.39 is 11.6 Å². The molecular formula is C20H18F2N2O2S. The molecule has 7 heteroatoms. The van der Waals surface area contributed by atoms with Crippen molar-refractivity contribution < 1.29 is 18.3 Å². The monoisotopic (exact) mass is 388 g/mol. The summed E-state index contributed by atoms with van der Waals surface area (Å²) in [6, 6.07) is 10.6. The lowest BCUT2D eigenvalue weighted by atomic mass is 10.2. The Balaban J connectivity index is 1.90. The van der Waals surface area contributed by atoms with Crippen LogP contribution >= 0.6 is 11.8 Å². The Kier molecular flexibility index (Phi) is 5.91. The van der Waals surface area contributed by atoms with Crippen LogP contribution in [0.25, 0.3) is 6.08 Å². The smallest absolute Gasteiger partial charge is 0.266 e. The third-order valence-corrected chi connectivity index (χ3v) is 4.86. The molecule has 2 aromatic rings. The molecule has 1 saturated heterocycles. The third kappa shape index (κ3) is 4.36. The highest BCUT2D eigenvalue weighted by atomic mass is 32.2. The van der Waals surface area contributed by atoms with Gasteiger partial charge in [-0.2, -0.15) is 0 Å². The van der Waals surface area contributed by atoms with E-state index in [1.165, 1.54) is 11.0 Å². The van der Waals surface area contributed by atoms with Gasteiger partial charge in [-0.1, -0.05) is 25.1 Å². The molecule has 0 atom stereocenters. The lowest BCUT2D eigenvalue weighted by Gasteiger charge is -2.08. The molecule has 2 aromatic carbocycles. The van der Waals surface area contributed by atoms with Crippen molar-refractivity contribution in [3.8, 4) is 5.75 Å². The van der Waals surface area contributed by atoms with E-state index in [-0.39, 0.29) is 11.6 Å². The number of likely N-dealkylation sites (N-methyl/N-ethyl adjacent to an activating group) is 1. The summed E-state index contributed by atoms with van der Waals surface area (Å²) in [5.41, 5.74) is 0.760. The summed E-state index contributed by atoms with van der Waals surface area (Å²) in [5, 5.41) is 0.323. The number of aliphatic imine (C=N–C) groups is 1. The molecule has 3 rings (SSSR count). The van der Waals surface area contributed by atoms with Gasteiger partial charge >= 0.3 is 0 Å². The fraction of sp³-hybridized carbons (Fsp3) is 0.200. The standard InChI is InChI=1S/C20H18F2N2O2S/c1-3-10-26-17-7-5-4-6-13(17)11-18-19(25)24(2)20(27-18)23-16-9-8-14(21)12-15(16)22/h4-9,11-12H,3,10H2,1-2H3/b18-11+,23-20?. The number of carbonyl (C=O) groups excluding carboxylic acids is 1. The van der Waals surface area contributed by atoms with Crippen LogP contribution in [0, 0.1) is 11.6 Å². The van der Waals surface area contributed by atoms with Crippen LogP contribution in [0.1, 0.15) is 18.9 Å². The molecule has 1 amide bonds. The first kappa shape index (κ1) is 19.1. The zero-order valence-electron chi connectivity index (χ0n) is 14.9. The average Bonchev–Trinajstić information content (AvgIpc) is 2.91. The fourth-order valence-electron chi connectivity index (χ4n) is 2.41. The molecule has 0 bridgehead atoms. The van der Waals surface area contributed by atoms with Gasteiger partial charge in [-0.05, 0) is 42.5 Å². The first-order valence-corrected chi connectivity index (χ1v) is 9.24. The highest BCUT2D eigenvalue weighted by molar-refractivity contribution is 8.18. The lowest BCUT2D eigenvalue weighted by molar-refractivity contribution is -0.121. The summed E-state index contributed by atoms with van der Waals surface area (Å²) >= 11 is 1.13. The zero-order valence-corrected chi connectivity index (χ0v) is 15.7. The van der Waals surface area contributed by atoms with Crippen LogP contribution in [0.15, 0.2) is 52.4 Å². The van der Waals surface area contributed by atoms with Crippen LogP contribution in [0.2, 0.25) is 0 Å². The molecule has 0 unspecified atom stereocenters. The van der Waals surface area contributed by atoms with E-state index in [1.54, 1.807) is 13.1 Å². The molecule has 0 spiro atoms. The predicted molar refractivity (Wildman–Crippen MR) is 104 cm³/mol. The average molecular weight is 388 g/mol. The number of thioether (sulfide) groups is 1. The molecule has 27 heavy (non-hydrogen) atoms. The van der Waals surface area contributed by atoms with E-state index in [0.717, 1.165) is 35.9 Å². The Morgan fingerprint density at radius 1 is 1.22 bits per heavy atom. The second-order valence-corrected chi connectivity index (χ2v) is 6.86. The van der Waals surface area contributed by atoms with Gasteiger partial charge in [-0.25, -0.2) is 13.8 Å². The normalized spacial score (nSPS) is 17.2. The Morgan fingerprint density at radius 2 is 2.00 bits per heavy atom. The van der Waals surface area contributed by atoms with Gasteiger partial charge in [0.1, 0.15) is 17.3 Å². The van der Waals surface area contributed by atoms with E-state index in [0.29, 0.717) is 22.4 Å². The molecule has 0 N–H and O–H groups in total. The molecule has 140 valence electrons. The van der Waals surface area contributed by atoms with Gasteiger partial charge in [0.05, 0.1) is 11.5 Å². The quantitative estimate of drug-likeness (QED) is 0.678. The van der Waals surface area contributed by atoms with Crippen molar-refractivity contribution in [3.05, 3.63) is 64.6 Å². The summed E-state index contributed by atoms with van der Waals surface area (Å²) in [7, 11) is 1.57. The number of ether oxygens (including phenoxy) is 1. The zero-order chi connectivity index (χ0) is 19.4. The predicted octanol–water partition coefficient (Wildman–Crippen LogP) is 4.99.